The van der Waals surface area contributed by atoms with Crippen LogP contribution in [0.15, 0.2) is 59.9 Å². The van der Waals surface area contributed by atoms with Crippen molar-refractivity contribution in [3.05, 3.63) is 76.4 Å². The Bertz CT molecular complexity index is 1340. The lowest BCUT2D eigenvalue weighted by molar-refractivity contribution is 0.247. The van der Waals surface area contributed by atoms with Crippen molar-refractivity contribution in [2.24, 2.45) is 5.41 Å². The number of aromatic nitrogens is 2. The molecule has 1 aliphatic rings. The normalized spacial score (nSPS) is 14.6. The molecule has 1 atom stereocenters. The zero-order chi connectivity index (χ0) is 28.2. The van der Waals surface area contributed by atoms with E-state index >= 15 is 0 Å². The van der Waals surface area contributed by atoms with Gasteiger partial charge in [-0.3, -0.25) is 14.0 Å². The second kappa shape index (κ2) is 12.6. The summed E-state index contributed by atoms with van der Waals surface area (Å²) < 4.78 is 13.5. The molecule has 0 aliphatic carbocycles. The summed E-state index contributed by atoms with van der Waals surface area (Å²) in [5, 5.41) is 0.747. The van der Waals surface area contributed by atoms with E-state index in [9.17, 15) is 9.00 Å². The second-order valence-corrected chi connectivity index (χ2v) is 12.7. The number of para-hydroxylation sites is 1. The van der Waals surface area contributed by atoms with Gasteiger partial charge < -0.3 is 4.90 Å². The van der Waals surface area contributed by atoms with Crippen LogP contribution in [0.3, 0.4) is 0 Å². The van der Waals surface area contributed by atoms with Crippen LogP contribution in [0.4, 0.5) is 16.3 Å². The molecule has 208 valence electrons. The molecule has 0 radical (unpaired) electrons. The van der Waals surface area contributed by atoms with E-state index in [4.69, 9.17) is 16.6 Å². The van der Waals surface area contributed by atoms with Crippen LogP contribution in [-0.2, 0) is 29.5 Å². The highest BCUT2D eigenvalue weighted by Gasteiger charge is 2.34. The third-order valence-corrected chi connectivity index (χ3v) is 8.37. The number of amides is 2. The van der Waals surface area contributed by atoms with Crippen LogP contribution in [0.2, 0.25) is 5.02 Å². The maximum Gasteiger partial charge on any atom is 0.330 e. The van der Waals surface area contributed by atoms with E-state index in [1.807, 2.05) is 36.4 Å². The predicted molar refractivity (Wildman–Crippen MR) is 160 cm³/mol. The highest BCUT2D eigenvalue weighted by Crippen LogP contribution is 2.34. The van der Waals surface area contributed by atoms with Gasteiger partial charge in [0.15, 0.2) is 0 Å². The molecule has 0 N–H and O–H groups in total. The molecule has 0 saturated heterocycles. The zero-order valence-electron chi connectivity index (χ0n) is 23.5. The fourth-order valence-corrected chi connectivity index (χ4v) is 6.09. The molecule has 0 bridgehead atoms. The van der Waals surface area contributed by atoms with Crippen molar-refractivity contribution in [1.29, 1.82) is 0 Å². The maximum atomic E-state index is 13.8. The third-order valence-electron chi connectivity index (χ3n) is 6.87. The number of nitrogens with zero attached hydrogens (tertiary/aromatic N) is 5. The molecule has 1 aliphatic heterocycles. The minimum atomic E-state index is -1.47. The van der Waals surface area contributed by atoms with Crippen molar-refractivity contribution in [3.63, 3.8) is 0 Å². The van der Waals surface area contributed by atoms with Gasteiger partial charge >= 0.3 is 6.03 Å². The summed E-state index contributed by atoms with van der Waals surface area (Å²) in [4.78, 5) is 28.7. The van der Waals surface area contributed by atoms with Crippen molar-refractivity contribution in [3.8, 4) is 0 Å². The van der Waals surface area contributed by atoms with Crippen LogP contribution < -0.4 is 9.80 Å². The van der Waals surface area contributed by atoms with Gasteiger partial charge in [0.25, 0.3) is 0 Å². The molecule has 7 nitrogen and oxygen atoms in total. The number of benzene rings is 2. The summed E-state index contributed by atoms with van der Waals surface area (Å²) >= 11 is 6.47. The number of carbonyl (C=O) groups excluding carboxylic acids is 1. The lowest BCUT2D eigenvalue weighted by atomic mass is 9.86. The number of fused-ring (bicyclic) bond motifs is 1. The van der Waals surface area contributed by atoms with Crippen LogP contribution in [-0.4, -0.2) is 51.3 Å². The van der Waals surface area contributed by atoms with Crippen LogP contribution >= 0.6 is 11.6 Å². The molecule has 9 heteroatoms. The van der Waals surface area contributed by atoms with Gasteiger partial charge in [0.1, 0.15) is 5.82 Å². The molecule has 0 fully saturated rings. The largest absolute Gasteiger partial charge is 0.330 e. The molecule has 0 saturated carbocycles. The fraction of sp³-hybridized carbons (Fsp3) is 0.433. The van der Waals surface area contributed by atoms with Crippen LogP contribution in [0.25, 0.3) is 0 Å². The smallest absolute Gasteiger partial charge is 0.302 e. The Morgan fingerprint density at radius 2 is 1.69 bits per heavy atom. The van der Waals surface area contributed by atoms with Crippen molar-refractivity contribution >= 4 is 39.9 Å². The van der Waals surface area contributed by atoms with Crippen molar-refractivity contribution in [1.82, 2.24) is 14.9 Å². The molecule has 1 unspecified atom stereocenters. The first kappa shape index (κ1) is 29.2. The summed E-state index contributed by atoms with van der Waals surface area (Å²) in [5.41, 5.74) is 3.77. The number of rotatable bonds is 10. The Labute approximate surface area is 239 Å². The second-order valence-electron chi connectivity index (χ2n) is 11.0. The van der Waals surface area contributed by atoms with Gasteiger partial charge in [0.2, 0.25) is 5.16 Å². The molecular weight excluding hydrogens is 530 g/mol. The van der Waals surface area contributed by atoms with Crippen molar-refractivity contribution < 1.29 is 9.00 Å². The number of hydrogen-bond acceptors (Lipinski definition) is 5. The average Bonchev–Trinajstić information content (AvgIpc) is 2.90. The fourth-order valence-electron chi connectivity index (χ4n) is 4.80. The van der Waals surface area contributed by atoms with Gasteiger partial charge in [0, 0.05) is 24.8 Å². The number of hydrogen-bond donors (Lipinski definition) is 0. The highest BCUT2D eigenvalue weighted by molar-refractivity contribution is 7.84. The lowest BCUT2D eigenvalue weighted by Crippen LogP contribution is -2.50. The summed E-state index contributed by atoms with van der Waals surface area (Å²) in [6, 6.07) is 15.3. The molecule has 39 heavy (non-hydrogen) atoms. The minimum Gasteiger partial charge on any atom is -0.302 e. The monoisotopic (exact) mass is 567 g/mol. The first-order chi connectivity index (χ1) is 18.6. The number of anilines is 2. The topological polar surface area (TPSA) is 69.6 Å². The molecule has 4 rings (SSSR count). The summed E-state index contributed by atoms with van der Waals surface area (Å²) in [5.74, 6) is 0.848. The van der Waals surface area contributed by atoms with E-state index in [-0.39, 0.29) is 16.6 Å². The van der Waals surface area contributed by atoms with E-state index in [0.717, 1.165) is 30.6 Å². The number of likely N-dealkylation sites (N-methyl/N-ethyl adjacent to an activating group) is 1. The first-order valence-corrected chi connectivity index (χ1v) is 15.2. The number of carbonyl (C=O) groups is 1. The summed E-state index contributed by atoms with van der Waals surface area (Å²) in [6.07, 6.45) is 2.59. The Kier molecular flexibility index (Phi) is 9.41. The summed E-state index contributed by atoms with van der Waals surface area (Å²) in [6.45, 7) is 14.0. The number of urea groups is 1. The lowest BCUT2D eigenvalue weighted by Gasteiger charge is -2.37. The van der Waals surface area contributed by atoms with Crippen LogP contribution in [0, 0.1) is 5.41 Å². The standard InChI is InChI=1S/C30H38ClN5O2S/c1-6-34(7-2)16-17-35-27-24(20-36(29(35)37)26-15-11-10-14-25(26)31)19-32-28(33-27)39(38)21-23-13-9-8-12-22(23)18-30(3,4)5/h8-15,19H,6-7,16-18,20-21H2,1-5H3. The van der Waals surface area contributed by atoms with Gasteiger partial charge in [-0.25, -0.2) is 14.8 Å². The van der Waals surface area contributed by atoms with Gasteiger partial charge in [-0.15, -0.1) is 0 Å². The predicted octanol–water partition coefficient (Wildman–Crippen LogP) is 6.31. The van der Waals surface area contributed by atoms with Crippen molar-refractivity contribution in [2.75, 3.05) is 36.0 Å². The third kappa shape index (κ3) is 7.04. The molecular formula is C30H38ClN5O2S. The first-order valence-electron chi connectivity index (χ1n) is 13.5. The van der Waals surface area contributed by atoms with Gasteiger partial charge in [-0.1, -0.05) is 82.6 Å². The van der Waals surface area contributed by atoms with E-state index < -0.39 is 10.8 Å². The molecule has 3 aromatic rings. The summed E-state index contributed by atoms with van der Waals surface area (Å²) in [7, 11) is -1.47. The quantitative estimate of drug-likeness (QED) is 0.268. The van der Waals surface area contributed by atoms with Crippen molar-refractivity contribution in [2.45, 2.75) is 58.5 Å². The Morgan fingerprint density at radius 1 is 1.03 bits per heavy atom. The van der Waals surface area contributed by atoms with Crippen LogP contribution in [0.5, 0.6) is 0 Å². The average molecular weight is 568 g/mol. The molecule has 0 spiro atoms. The van der Waals surface area contributed by atoms with E-state index in [0.29, 0.717) is 41.9 Å². The molecule has 1 aromatic heterocycles. The molecule has 2 heterocycles. The van der Waals surface area contributed by atoms with Gasteiger partial charge in [-0.2, -0.15) is 0 Å². The van der Waals surface area contributed by atoms with Gasteiger partial charge in [-0.05, 0) is 48.2 Å². The molecule has 2 amide bonds. The van der Waals surface area contributed by atoms with E-state index in [1.54, 1.807) is 22.1 Å². The van der Waals surface area contributed by atoms with Gasteiger partial charge in [0.05, 0.1) is 33.8 Å². The number of halogens is 1. The minimum absolute atomic E-state index is 0.110. The maximum absolute atomic E-state index is 13.8. The Balaban J connectivity index is 1.66. The Hall–Kier alpha value is -2.81. The highest BCUT2D eigenvalue weighted by atomic mass is 35.5. The van der Waals surface area contributed by atoms with Crippen LogP contribution in [0.1, 0.15) is 51.3 Å². The zero-order valence-corrected chi connectivity index (χ0v) is 25.1. The van der Waals surface area contributed by atoms with E-state index in [2.05, 4.69) is 50.6 Å². The SMILES string of the molecule is CCN(CC)CCN1C(=O)N(c2ccccc2Cl)Cc2cnc(S(=O)Cc3ccccc3CC(C)(C)C)nc21. The molecule has 2 aromatic carbocycles. The van der Waals surface area contributed by atoms with E-state index in [1.165, 1.54) is 5.56 Å². The Morgan fingerprint density at radius 3 is 2.36 bits per heavy atom.